The number of hydrogen-bond donors (Lipinski definition) is 3. The van der Waals surface area contributed by atoms with E-state index in [1.807, 2.05) is 18.2 Å². The van der Waals surface area contributed by atoms with Crippen molar-refractivity contribution in [1.82, 2.24) is 9.97 Å². The van der Waals surface area contributed by atoms with E-state index in [2.05, 4.69) is 25.9 Å². The van der Waals surface area contributed by atoms with Crippen molar-refractivity contribution in [2.45, 2.75) is 6.92 Å². The number of urea groups is 1. The van der Waals surface area contributed by atoms with Gasteiger partial charge in [0, 0.05) is 30.4 Å². The number of benzene rings is 1. The van der Waals surface area contributed by atoms with E-state index in [1.165, 1.54) is 6.92 Å². The first-order valence-corrected chi connectivity index (χ1v) is 7.92. The molecule has 26 heavy (non-hydrogen) atoms. The zero-order valence-electron chi connectivity index (χ0n) is 14.1. The van der Waals surface area contributed by atoms with E-state index >= 15 is 0 Å². The Kier molecular flexibility index (Phi) is 5.19. The van der Waals surface area contributed by atoms with E-state index in [0.29, 0.717) is 17.1 Å². The summed E-state index contributed by atoms with van der Waals surface area (Å²) in [5.74, 6) is -0.195. The van der Waals surface area contributed by atoms with Crippen LogP contribution < -0.4 is 16.0 Å². The molecule has 0 unspecified atom stereocenters. The van der Waals surface area contributed by atoms with Crippen LogP contribution in [0.5, 0.6) is 0 Å². The predicted octanol–water partition coefficient (Wildman–Crippen LogP) is 3.75. The maximum Gasteiger partial charge on any atom is 0.323 e. The molecule has 130 valence electrons. The predicted molar refractivity (Wildman–Crippen MR) is 101 cm³/mol. The number of carbonyl (C=O) groups is 2. The Morgan fingerprint density at radius 2 is 1.54 bits per heavy atom. The molecule has 2 aromatic heterocycles. The molecular formula is C19H17N5O2. The van der Waals surface area contributed by atoms with Gasteiger partial charge in [-0.3, -0.25) is 14.8 Å². The summed E-state index contributed by atoms with van der Waals surface area (Å²) in [6.45, 7) is 1.43. The third-order valence-electron chi connectivity index (χ3n) is 3.52. The fourth-order valence-electron chi connectivity index (χ4n) is 2.47. The highest BCUT2D eigenvalue weighted by molar-refractivity contribution is 6.03. The van der Waals surface area contributed by atoms with E-state index in [0.717, 1.165) is 11.1 Å². The van der Waals surface area contributed by atoms with Crippen LogP contribution in [0, 0.1) is 0 Å². The van der Waals surface area contributed by atoms with E-state index in [9.17, 15) is 9.59 Å². The minimum absolute atomic E-state index is 0.195. The molecule has 3 aromatic rings. The van der Waals surface area contributed by atoms with Gasteiger partial charge in [-0.15, -0.1) is 0 Å². The molecule has 3 N–H and O–H groups in total. The molecule has 3 amide bonds. The number of para-hydroxylation sites is 1. The third kappa shape index (κ3) is 4.21. The van der Waals surface area contributed by atoms with Crippen LogP contribution in [0.15, 0.2) is 67.3 Å². The molecule has 3 rings (SSSR count). The lowest BCUT2D eigenvalue weighted by Gasteiger charge is -2.15. The molecule has 0 saturated heterocycles. The lowest BCUT2D eigenvalue weighted by Crippen LogP contribution is -2.20. The molecule has 0 bridgehead atoms. The second-order valence-electron chi connectivity index (χ2n) is 5.47. The largest absolute Gasteiger partial charge is 0.324 e. The number of nitrogens with one attached hydrogen (secondary N) is 3. The molecular weight excluding hydrogens is 330 g/mol. The average molecular weight is 347 g/mol. The van der Waals surface area contributed by atoms with Crippen LogP contribution in [-0.4, -0.2) is 21.9 Å². The summed E-state index contributed by atoms with van der Waals surface area (Å²) in [7, 11) is 0. The van der Waals surface area contributed by atoms with Crippen LogP contribution in [0.1, 0.15) is 6.92 Å². The van der Waals surface area contributed by atoms with Crippen molar-refractivity contribution in [3.63, 3.8) is 0 Å². The molecule has 0 spiro atoms. The normalized spacial score (nSPS) is 10.0. The summed E-state index contributed by atoms with van der Waals surface area (Å²) >= 11 is 0. The highest BCUT2D eigenvalue weighted by Gasteiger charge is 2.12. The lowest BCUT2D eigenvalue weighted by atomic mass is 10.0. The standard InChI is InChI=1S/C19H17N5O2/c1-13(25)22-18-12-21-10-8-16(18)15-6-2-3-7-17(15)24-19(26)23-14-5-4-9-20-11-14/h2-12H,1H3,(H,22,25)(H2,23,24,26). The molecule has 7 nitrogen and oxygen atoms in total. The van der Waals surface area contributed by atoms with Gasteiger partial charge in [-0.25, -0.2) is 4.79 Å². The van der Waals surface area contributed by atoms with Crippen molar-refractivity contribution in [1.29, 1.82) is 0 Å². The Morgan fingerprint density at radius 3 is 2.31 bits per heavy atom. The van der Waals surface area contributed by atoms with E-state index in [-0.39, 0.29) is 11.9 Å². The van der Waals surface area contributed by atoms with Gasteiger partial charge in [0.1, 0.15) is 0 Å². The van der Waals surface area contributed by atoms with Crippen molar-refractivity contribution in [2.24, 2.45) is 0 Å². The van der Waals surface area contributed by atoms with Crippen molar-refractivity contribution in [2.75, 3.05) is 16.0 Å². The van der Waals surface area contributed by atoms with Crippen LogP contribution in [0.4, 0.5) is 21.9 Å². The minimum Gasteiger partial charge on any atom is -0.324 e. The quantitative estimate of drug-likeness (QED) is 0.670. The Balaban J connectivity index is 1.87. The van der Waals surface area contributed by atoms with Crippen LogP contribution in [0.3, 0.4) is 0 Å². The first-order valence-electron chi connectivity index (χ1n) is 7.92. The molecule has 0 aliphatic heterocycles. The number of carbonyl (C=O) groups excluding carboxylic acids is 2. The van der Waals surface area contributed by atoms with Crippen LogP contribution >= 0.6 is 0 Å². The van der Waals surface area contributed by atoms with Gasteiger partial charge in [0.2, 0.25) is 5.91 Å². The first kappa shape index (κ1) is 17.1. The summed E-state index contributed by atoms with van der Waals surface area (Å²) in [5.41, 5.74) is 3.28. The Hall–Kier alpha value is -3.74. The first-order chi connectivity index (χ1) is 12.6. The molecule has 0 aliphatic carbocycles. The van der Waals surface area contributed by atoms with E-state index in [4.69, 9.17) is 0 Å². The smallest absolute Gasteiger partial charge is 0.323 e. The summed E-state index contributed by atoms with van der Waals surface area (Å²) in [4.78, 5) is 31.7. The van der Waals surface area contributed by atoms with Gasteiger partial charge in [-0.2, -0.15) is 0 Å². The number of anilines is 3. The van der Waals surface area contributed by atoms with Gasteiger partial charge in [-0.1, -0.05) is 18.2 Å². The molecule has 0 saturated carbocycles. The summed E-state index contributed by atoms with van der Waals surface area (Å²) in [6, 6.07) is 12.2. The number of amides is 3. The van der Waals surface area contributed by atoms with Crippen LogP contribution in [0.2, 0.25) is 0 Å². The van der Waals surface area contributed by atoms with Crippen LogP contribution in [0.25, 0.3) is 11.1 Å². The van der Waals surface area contributed by atoms with Gasteiger partial charge in [-0.05, 0) is 24.3 Å². The lowest BCUT2D eigenvalue weighted by molar-refractivity contribution is -0.114. The van der Waals surface area contributed by atoms with Gasteiger partial charge in [0.15, 0.2) is 0 Å². The van der Waals surface area contributed by atoms with E-state index in [1.54, 1.807) is 49.1 Å². The molecule has 0 radical (unpaired) electrons. The minimum atomic E-state index is -0.388. The van der Waals surface area contributed by atoms with Gasteiger partial charge < -0.3 is 16.0 Å². The molecule has 7 heteroatoms. The maximum absolute atomic E-state index is 12.3. The monoisotopic (exact) mass is 347 g/mol. The van der Waals surface area contributed by atoms with Crippen molar-refractivity contribution in [3.8, 4) is 11.1 Å². The average Bonchev–Trinajstić information content (AvgIpc) is 2.63. The highest BCUT2D eigenvalue weighted by Crippen LogP contribution is 2.33. The van der Waals surface area contributed by atoms with Gasteiger partial charge in [0.25, 0.3) is 0 Å². The number of hydrogen-bond acceptors (Lipinski definition) is 4. The van der Waals surface area contributed by atoms with Gasteiger partial charge in [0.05, 0.1) is 29.5 Å². The Bertz CT molecular complexity index is 928. The van der Waals surface area contributed by atoms with Crippen LogP contribution in [-0.2, 0) is 4.79 Å². The fourth-order valence-corrected chi connectivity index (χ4v) is 2.47. The molecule has 2 heterocycles. The fraction of sp³-hybridized carbons (Fsp3) is 0.0526. The van der Waals surface area contributed by atoms with E-state index < -0.39 is 0 Å². The molecule has 0 aliphatic rings. The zero-order valence-corrected chi connectivity index (χ0v) is 14.1. The highest BCUT2D eigenvalue weighted by atomic mass is 16.2. The topological polar surface area (TPSA) is 96.0 Å². The van der Waals surface area contributed by atoms with Crippen molar-refractivity contribution >= 4 is 29.0 Å². The van der Waals surface area contributed by atoms with Gasteiger partial charge >= 0.3 is 6.03 Å². The van der Waals surface area contributed by atoms with Crippen molar-refractivity contribution < 1.29 is 9.59 Å². The number of rotatable bonds is 4. The summed E-state index contributed by atoms with van der Waals surface area (Å²) in [6.07, 6.45) is 6.39. The zero-order chi connectivity index (χ0) is 18.4. The number of pyridine rings is 2. The number of nitrogens with zero attached hydrogens (tertiary/aromatic N) is 2. The molecule has 1 aromatic carbocycles. The summed E-state index contributed by atoms with van der Waals surface area (Å²) < 4.78 is 0. The molecule has 0 fully saturated rings. The second kappa shape index (κ2) is 7.89. The molecule has 0 atom stereocenters. The second-order valence-corrected chi connectivity index (χ2v) is 5.47. The summed E-state index contributed by atoms with van der Waals surface area (Å²) in [5, 5.41) is 8.30. The van der Waals surface area contributed by atoms with Crippen molar-refractivity contribution in [3.05, 3.63) is 67.3 Å². The third-order valence-corrected chi connectivity index (χ3v) is 3.52. The Labute approximate surface area is 150 Å². The SMILES string of the molecule is CC(=O)Nc1cnccc1-c1ccccc1NC(=O)Nc1cccnc1. The maximum atomic E-state index is 12.3. The Morgan fingerprint density at radius 1 is 0.769 bits per heavy atom. The number of aromatic nitrogens is 2.